The first kappa shape index (κ1) is 13.7. The Bertz CT molecular complexity index is 436. The van der Waals surface area contributed by atoms with Gasteiger partial charge in [0.1, 0.15) is 11.9 Å². The maximum Gasteiger partial charge on any atom is 0.239 e. The molecule has 1 amide bonds. The van der Waals surface area contributed by atoms with Crippen molar-refractivity contribution in [3.63, 3.8) is 0 Å². The van der Waals surface area contributed by atoms with Gasteiger partial charge >= 0.3 is 0 Å². The Kier molecular flexibility index (Phi) is 4.66. The molecule has 3 nitrogen and oxygen atoms in total. The summed E-state index contributed by atoms with van der Waals surface area (Å²) in [7, 11) is 1.67. The summed E-state index contributed by atoms with van der Waals surface area (Å²) in [6.45, 7) is 3.84. The molecule has 0 spiro atoms. The highest BCUT2D eigenvalue weighted by Crippen LogP contribution is 2.21. The molecular weight excluding hydrogens is 243 g/mol. The van der Waals surface area contributed by atoms with Crippen molar-refractivity contribution in [2.75, 3.05) is 13.6 Å². The fourth-order valence-corrected chi connectivity index (χ4v) is 1.86. The zero-order chi connectivity index (χ0) is 13.0. The molecule has 0 aliphatic rings. The first-order valence-electron chi connectivity index (χ1n) is 5.00. The molecule has 2 N–H and O–H groups in total. The molecule has 0 aromatic heterocycles. The second-order valence-electron chi connectivity index (χ2n) is 3.79. The van der Waals surface area contributed by atoms with E-state index < -0.39 is 17.8 Å². The lowest BCUT2D eigenvalue weighted by Gasteiger charge is -2.25. The van der Waals surface area contributed by atoms with Crippen LogP contribution in [0.1, 0.15) is 11.6 Å². The molecule has 0 radical (unpaired) electrons. The number of halogens is 2. The van der Waals surface area contributed by atoms with Crippen LogP contribution < -0.4 is 5.73 Å². The normalized spacial score (nSPS) is 12.5. The van der Waals surface area contributed by atoms with Gasteiger partial charge in [0.15, 0.2) is 0 Å². The molecule has 92 valence electrons. The van der Waals surface area contributed by atoms with Crippen LogP contribution in [0, 0.1) is 5.82 Å². The Balaban J connectivity index is 3.01. The number of amides is 1. The topological polar surface area (TPSA) is 46.3 Å². The van der Waals surface area contributed by atoms with E-state index in [2.05, 4.69) is 6.58 Å². The third kappa shape index (κ3) is 3.84. The first-order valence-corrected chi connectivity index (χ1v) is 5.38. The molecule has 5 heteroatoms. The molecule has 0 fully saturated rings. The minimum Gasteiger partial charge on any atom is -0.368 e. The molecule has 0 saturated carbocycles. The van der Waals surface area contributed by atoms with Gasteiger partial charge in [0.25, 0.3) is 0 Å². The second-order valence-corrected chi connectivity index (χ2v) is 4.33. The Morgan fingerprint density at radius 1 is 1.65 bits per heavy atom. The molecule has 1 atom stereocenters. The highest BCUT2D eigenvalue weighted by Gasteiger charge is 2.23. The zero-order valence-electron chi connectivity index (χ0n) is 9.49. The van der Waals surface area contributed by atoms with Gasteiger partial charge in [-0.1, -0.05) is 30.3 Å². The van der Waals surface area contributed by atoms with Crippen LogP contribution in [-0.2, 0) is 4.79 Å². The number of hydrogen-bond donors (Lipinski definition) is 1. The van der Waals surface area contributed by atoms with Crippen molar-refractivity contribution in [3.05, 3.63) is 47.3 Å². The van der Waals surface area contributed by atoms with E-state index in [4.69, 9.17) is 17.3 Å². The molecule has 1 aromatic carbocycles. The first-order chi connectivity index (χ1) is 7.91. The lowest BCUT2D eigenvalue weighted by molar-refractivity contribution is -0.122. The van der Waals surface area contributed by atoms with Crippen LogP contribution in [0.15, 0.2) is 35.9 Å². The number of benzene rings is 1. The zero-order valence-corrected chi connectivity index (χ0v) is 10.2. The average molecular weight is 257 g/mol. The Morgan fingerprint density at radius 3 is 2.76 bits per heavy atom. The number of carbonyl (C=O) groups is 1. The Morgan fingerprint density at radius 2 is 2.29 bits per heavy atom. The van der Waals surface area contributed by atoms with Crippen molar-refractivity contribution in [1.29, 1.82) is 0 Å². The molecule has 0 aliphatic carbocycles. The van der Waals surface area contributed by atoms with Crippen LogP contribution in [0.25, 0.3) is 0 Å². The van der Waals surface area contributed by atoms with Crippen LogP contribution in [0.3, 0.4) is 0 Å². The summed E-state index contributed by atoms with van der Waals surface area (Å²) in [5.41, 5.74) is 5.82. The maximum absolute atomic E-state index is 13.1. The predicted molar refractivity (Wildman–Crippen MR) is 66.0 cm³/mol. The van der Waals surface area contributed by atoms with Gasteiger partial charge in [-0.3, -0.25) is 9.69 Å². The van der Waals surface area contributed by atoms with Crippen molar-refractivity contribution in [2.45, 2.75) is 6.04 Å². The molecule has 0 aliphatic heterocycles. The number of hydrogen-bond acceptors (Lipinski definition) is 2. The number of nitrogens with two attached hydrogens (primary N) is 1. The summed E-state index contributed by atoms with van der Waals surface area (Å²) in [6, 6.07) is 5.04. The molecule has 0 saturated heterocycles. The largest absolute Gasteiger partial charge is 0.368 e. The van der Waals surface area contributed by atoms with Gasteiger partial charge in [-0.25, -0.2) is 4.39 Å². The predicted octanol–water partition coefficient (Wildman–Crippen LogP) is 2.04. The van der Waals surface area contributed by atoms with Crippen LogP contribution in [0.4, 0.5) is 4.39 Å². The Labute approximate surface area is 105 Å². The van der Waals surface area contributed by atoms with E-state index in [-0.39, 0.29) is 0 Å². The number of likely N-dealkylation sites (N-methyl/N-ethyl adjacent to an activating group) is 1. The summed E-state index contributed by atoms with van der Waals surface area (Å²) in [4.78, 5) is 13.0. The summed E-state index contributed by atoms with van der Waals surface area (Å²) >= 11 is 5.68. The van der Waals surface area contributed by atoms with Gasteiger partial charge in [0.05, 0.1) is 0 Å². The van der Waals surface area contributed by atoms with E-state index in [1.165, 1.54) is 18.2 Å². The van der Waals surface area contributed by atoms with Crippen molar-refractivity contribution in [3.8, 4) is 0 Å². The van der Waals surface area contributed by atoms with Gasteiger partial charge in [-0.05, 0) is 24.7 Å². The van der Waals surface area contributed by atoms with Gasteiger partial charge in [0.2, 0.25) is 5.91 Å². The monoisotopic (exact) mass is 256 g/mol. The van der Waals surface area contributed by atoms with Crippen molar-refractivity contribution in [1.82, 2.24) is 4.90 Å². The van der Waals surface area contributed by atoms with Crippen LogP contribution in [0.5, 0.6) is 0 Å². The van der Waals surface area contributed by atoms with Crippen LogP contribution >= 0.6 is 11.6 Å². The van der Waals surface area contributed by atoms with Gasteiger partial charge < -0.3 is 5.73 Å². The second kappa shape index (κ2) is 5.80. The van der Waals surface area contributed by atoms with Crippen LogP contribution in [-0.4, -0.2) is 24.4 Å². The fraction of sp³-hybridized carbons (Fsp3) is 0.250. The quantitative estimate of drug-likeness (QED) is 0.876. The fourth-order valence-electron chi connectivity index (χ4n) is 1.67. The molecule has 0 heterocycles. The van der Waals surface area contributed by atoms with Crippen molar-refractivity contribution >= 4 is 17.5 Å². The highest BCUT2D eigenvalue weighted by molar-refractivity contribution is 6.29. The van der Waals surface area contributed by atoms with Gasteiger partial charge in [-0.15, -0.1) is 0 Å². The summed E-state index contributed by atoms with van der Waals surface area (Å²) in [5.74, 6) is -0.970. The van der Waals surface area contributed by atoms with E-state index in [1.54, 1.807) is 18.0 Å². The number of carbonyl (C=O) groups excluding carboxylic acids is 1. The molecule has 17 heavy (non-hydrogen) atoms. The molecule has 1 aromatic rings. The summed E-state index contributed by atoms with van der Waals surface area (Å²) in [6.07, 6.45) is 0. The third-order valence-corrected chi connectivity index (χ3v) is 2.42. The summed E-state index contributed by atoms with van der Waals surface area (Å²) in [5, 5.41) is 0.384. The van der Waals surface area contributed by atoms with E-state index in [1.807, 2.05) is 0 Å². The van der Waals surface area contributed by atoms with Crippen LogP contribution in [0.2, 0.25) is 0 Å². The smallest absolute Gasteiger partial charge is 0.239 e. The van der Waals surface area contributed by atoms with Crippen molar-refractivity contribution in [2.24, 2.45) is 5.73 Å². The molecular formula is C12H14ClFN2O. The lowest BCUT2D eigenvalue weighted by atomic mass is 10.1. The molecule has 1 rings (SSSR count). The standard InChI is InChI=1S/C12H14ClFN2O/c1-8(13)7-16(2)11(12(15)17)9-4-3-5-10(14)6-9/h3-6,11H,1,7H2,2H3,(H2,15,17)/t11-/m1/s1. The number of rotatable bonds is 5. The van der Waals surface area contributed by atoms with E-state index in [9.17, 15) is 9.18 Å². The SMILES string of the molecule is C=C(Cl)CN(C)[C@@H](C(N)=O)c1cccc(F)c1. The molecule has 0 unspecified atom stereocenters. The average Bonchev–Trinajstić information content (AvgIpc) is 2.15. The minimum absolute atomic E-state index is 0.297. The third-order valence-electron chi connectivity index (χ3n) is 2.30. The van der Waals surface area contributed by atoms with E-state index in [0.717, 1.165) is 0 Å². The maximum atomic E-state index is 13.1. The summed E-state index contributed by atoms with van der Waals surface area (Å²) < 4.78 is 13.1. The van der Waals surface area contributed by atoms with E-state index >= 15 is 0 Å². The Hall–Kier alpha value is -1.39. The number of primary amides is 1. The lowest BCUT2D eigenvalue weighted by Crippen LogP contribution is -2.36. The highest BCUT2D eigenvalue weighted by atomic mass is 35.5. The van der Waals surface area contributed by atoms with E-state index in [0.29, 0.717) is 17.1 Å². The minimum atomic E-state index is -0.721. The van der Waals surface area contributed by atoms with Crippen molar-refractivity contribution < 1.29 is 9.18 Å². The van der Waals surface area contributed by atoms with Gasteiger partial charge in [0, 0.05) is 11.6 Å². The number of nitrogens with zero attached hydrogens (tertiary/aromatic N) is 1. The van der Waals surface area contributed by atoms with Gasteiger partial charge in [-0.2, -0.15) is 0 Å². The molecule has 0 bridgehead atoms.